The van der Waals surface area contributed by atoms with Crippen LogP contribution in [-0.2, 0) is 0 Å². The van der Waals surface area contributed by atoms with E-state index in [4.69, 9.17) is 0 Å². The Balaban J connectivity index is 2.19. The van der Waals surface area contributed by atoms with E-state index in [1.54, 1.807) is 0 Å². The third-order valence-electron chi connectivity index (χ3n) is 2.91. The molecule has 0 atom stereocenters. The van der Waals surface area contributed by atoms with Gasteiger partial charge in [0.2, 0.25) is 0 Å². The minimum absolute atomic E-state index is 0.494. The highest BCUT2D eigenvalue weighted by Crippen LogP contribution is 2.04. The first-order valence-electron chi connectivity index (χ1n) is 6.50. The summed E-state index contributed by atoms with van der Waals surface area (Å²) in [7, 11) is 0. The van der Waals surface area contributed by atoms with Crippen molar-refractivity contribution in [1.29, 1.82) is 0 Å². The lowest BCUT2D eigenvalue weighted by Gasteiger charge is -2.35. The lowest BCUT2D eigenvalue weighted by Crippen LogP contribution is -2.47. The average molecular weight is 225 g/mol. The van der Waals surface area contributed by atoms with E-state index in [-0.39, 0.29) is 0 Å². The summed E-state index contributed by atoms with van der Waals surface area (Å²) in [5.74, 6) is 0. The first-order valence-corrected chi connectivity index (χ1v) is 6.50. The molecular weight excluding hydrogens is 198 g/mol. The molecular formula is C13H27N3. The van der Waals surface area contributed by atoms with Gasteiger partial charge in [-0.3, -0.25) is 4.90 Å². The van der Waals surface area contributed by atoms with Gasteiger partial charge >= 0.3 is 0 Å². The van der Waals surface area contributed by atoms with Gasteiger partial charge in [0.05, 0.1) is 0 Å². The molecule has 3 nitrogen and oxygen atoms in total. The van der Waals surface area contributed by atoms with E-state index >= 15 is 0 Å². The first kappa shape index (κ1) is 13.5. The molecule has 0 aromatic carbocycles. The Hall–Kier alpha value is -0.540. The molecule has 16 heavy (non-hydrogen) atoms. The number of hydrogen-bond donors (Lipinski definition) is 1. The van der Waals surface area contributed by atoms with E-state index in [2.05, 4.69) is 42.5 Å². The van der Waals surface area contributed by atoms with E-state index in [0.29, 0.717) is 6.04 Å². The summed E-state index contributed by atoms with van der Waals surface area (Å²) in [6.07, 6.45) is 1.27. The summed E-state index contributed by atoms with van der Waals surface area (Å²) in [6.45, 7) is 17.7. The van der Waals surface area contributed by atoms with Gasteiger partial charge in [0.15, 0.2) is 0 Å². The quantitative estimate of drug-likeness (QED) is 0.739. The van der Waals surface area contributed by atoms with Crippen LogP contribution >= 0.6 is 0 Å². The summed E-state index contributed by atoms with van der Waals surface area (Å²) in [4.78, 5) is 5.04. The summed E-state index contributed by atoms with van der Waals surface area (Å²) >= 11 is 0. The fraction of sp³-hybridized carbons (Fsp3) is 0.846. The lowest BCUT2D eigenvalue weighted by atomic mass is 10.2. The predicted octanol–water partition coefficient (Wildman–Crippen LogP) is 1.53. The van der Waals surface area contributed by atoms with Gasteiger partial charge in [-0.25, -0.2) is 0 Å². The Labute approximate surface area is 100 Å². The predicted molar refractivity (Wildman–Crippen MR) is 70.6 cm³/mol. The zero-order valence-electron chi connectivity index (χ0n) is 11.1. The van der Waals surface area contributed by atoms with Crippen LogP contribution in [0.5, 0.6) is 0 Å². The van der Waals surface area contributed by atoms with Crippen LogP contribution in [0.3, 0.4) is 0 Å². The second-order valence-corrected chi connectivity index (χ2v) is 5.02. The van der Waals surface area contributed by atoms with Crippen LogP contribution in [0.1, 0.15) is 27.2 Å². The van der Waals surface area contributed by atoms with Gasteiger partial charge < -0.3 is 10.2 Å². The molecule has 1 aliphatic rings. The Bertz CT molecular complexity index is 205. The van der Waals surface area contributed by atoms with Crippen molar-refractivity contribution in [3.8, 4) is 0 Å². The summed E-state index contributed by atoms with van der Waals surface area (Å²) in [5.41, 5.74) is 1.15. The molecule has 1 N–H and O–H groups in total. The van der Waals surface area contributed by atoms with Crippen molar-refractivity contribution in [2.45, 2.75) is 33.2 Å². The van der Waals surface area contributed by atoms with Gasteiger partial charge in [0, 0.05) is 44.5 Å². The standard InChI is InChI=1S/C13H27N3/c1-5-6-15-7-9-16(10-8-15)11-13(4)14-12(2)3/h12,14H,4-11H2,1-3H3. The SMILES string of the molecule is C=C(CN1CCN(CCC)CC1)NC(C)C. The largest absolute Gasteiger partial charge is 0.386 e. The number of rotatable bonds is 6. The highest BCUT2D eigenvalue weighted by molar-refractivity contribution is 4.96. The van der Waals surface area contributed by atoms with Crippen molar-refractivity contribution in [2.24, 2.45) is 0 Å². The molecule has 0 bridgehead atoms. The van der Waals surface area contributed by atoms with Crippen LogP contribution in [0.2, 0.25) is 0 Å². The molecule has 0 aliphatic carbocycles. The summed E-state index contributed by atoms with van der Waals surface area (Å²) in [6, 6.07) is 0.494. The molecule has 1 saturated heterocycles. The first-order chi connectivity index (χ1) is 7.61. The molecule has 0 spiro atoms. The van der Waals surface area contributed by atoms with E-state index in [1.165, 1.54) is 39.1 Å². The summed E-state index contributed by atoms with van der Waals surface area (Å²) < 4.78 is 0. The van der Waals surface area contributed by atoms with Crippen LogP contribution < -0.4 is 5.32 Å². The Kier molecular flexibility index (Phi) is 5.85. The minimum Gasteiger partial charge on any atom is -0.386 e. The smallest absolute Gasteiger partial charge is 0.0376 e. The fourth-order valence-electron chi connectivity index (χ4n) is 2.21. The van der Waals surface area contributed by atoms with Crippen molar-refractivity contribution in [3.63, 3.8) is 0 Å². The average Bonchev–Trinajstić information content (AvgIpc) is 2.20. The van der Waals surface area contributed by atoms with Crippen LogP contribution in [0.25, 0.3) is 0 Å². The maximum Gasteiger partial charge on any atom is 0.0376 e. The van der Waals surface area contributed by atoms with Gasteiger partial charge in [-0.2, -0.15) is 0 Å². The molecule has 0 saturated carbocycles. The zero-order valence-corrected chi connectivity index (χ0v) is 11.1. The van der Waals surface area contributed by atoms with Gasteiger partial charge in [0.1, 0.15) is 0 Å². The second-order valence-electron chi connectivity index (χ2n) is 5.02. The van der Waals surface area contributed by atoms with Crippen molar-refractivity contribution >= 4 is 0 Å². The lowest BCUT2D eigenvalue weighted by molar-refractivity contribution is 0.139. The van der Waals surface area contributed by atoms with Gasteiger partial charge in [-0.1, -0.05) is 13.5 Å². The van der Waals surface area contributed by atoms with E-state index < -0.39 is 0 Å². The Morgan fingerprint density at radius 2 is 1.75 bits per heavy atom. The van der Waals surface area contributed by atoms with Crippen LogP contribution in [-0.4, -0.2) is 55.1 Å². The van der Waals surface area contributed by atoms with Crippen molar-refractivity contribution in [3.05, 3.63) is 12.3 Å². The monoisotopic (exact) mass is 225 g/mol. The molecule has 94 valence electrons. The maximum atomic E-state index is 4.08. The normalized spacial score (nSPS) is 19.0. The van der Waals surface area contributed by atoms with Crippen molar-refractivity contribution in [2.75, 3.05) is 39.3 Å². The van der Waals surface area contributed by atoms with E-state index in [1.807, 2.05) is 0 Å². The molecule has 0 aromatic heterocycles. The van der Waals surface area contributed by atoms with E-state index in [9.17, 15) is 0 Å². The molecule has 3 heteroatoms. The van der Waals surface area contributed by atoms with Crippen molar-refractivity contribution < 1.29 is 0 Å². The molecule has 0 amide bonds. The minimum atomic E-state index is 0.494. The Morgan fingerprint density at radius 1 is 1.19 bits per heavy atom. The highest BCUT2D eigenvalue weighted by Gasteiger charge is 2.16. The van der Waals surface area contributed by atoms with Crippen LogP contribution in [0.15, 0.2) is 12.3 Å². The van der Waals surface area contributed by atoms with Gasteiger partial charge in [-0.05, 0) is 26.8 Å². The molecule has 1 heterocycles. The number of hydrogen-bond acceptors (Lipinski definition) is 3. The number of nitrogens with zero attached hydrogens (tertiary/aromatic N) is 2. The number of piperazine rings is 1. The molecule has 1 aliphatic heterocycles. The topological polar surface area (TPSA) is 18.5 Å². The maximum absolute atomic E-state index is 4.08. The molecule has 1 rings (SSSR count). The summed E-state index contributed by atoms with van der Waals surface area (Å²) in [5, 5.41) is 3.38. The third kappa shape index (κ3) is 4.99. The Morgan fingerprint density at radius 3 is 2.25 bits per heavy atom. The second kappa shape index (κ2) is 6.92. The molecule has 0 unspecified atom stereocenters. The fourth-order valence-corrected chi connectivity index (χ4v) is 2.21. The van der Waals surface area contributed by atoms with Gasteiger partial charge in [0.25, 0.3) is 0 Å². The number of nitrogens with one attached hydrogen (secondary N) is 1. The molecule has 0 radical (unpaired) electrons. The molecule has 1 fully saturated rings. The zero-order chi connectivity index (χ0) is 12.0. The highest BCUT2D eigenvalue weighted by atomic mass is 15.3. The third-order valence-corrected chi connectivity index (χ3v) is 2.91. The van der Waals surface area contributed by atoms with Crippen LogP contribution in [0, 0.1) is 0 Å². The van der Waals surface area contributed by atoms with Crippen LogP contribution in [0.4, 0.5) is 0 Å². The van der Waals surface area contributed by atoms with Gasteiger partial charge in [-0.15, -0.1) is 0 Å². The van der Waals surface area contributed by atoms with E-state index in [0.717, 1.165) is 12.2 Å². The van der Waals surface area contributed by atoms with Crippen molar-refractivity contribution in [1.82, 2.24) is 15.1 Å². The molecule has 0 aromatic rings.